The van der Waals surface area contributed by atoms with Crippen molar-refractivity contribution in [3.05, 3.63) is 6.42 Å². The topological polar surface area (TPSA) is 72.6 Å². The Kier molecular flexibility index (Phi) is 3.49. The number of ether oxygens (including phenoxy) is 1. The van der Waals surface area contributed by atoms with Crippen LogP contribution in [0.2, 0.25) is 0 Å². The predicted octanol–water partition coefficient (Wildman–Crippen LogP) is -0.679. The average molecular weight is 172 g/mol. The van der Waals surface area contributed by atoms with Gasteiger partial charge in [0.15, 0.2) is 0 Å². The van der Waals surface area contributed by atoms with Gasteiger partial charge in [0.05, 0.1) is 12.5 Å². The molecule has 0 aromatic heterocycles. The largest absolute Gasteiger partial charge is 0.396 e. The van der Waals surface area contributed by atoms with Gasteiger partial charge in [-0.3, -0.25) is 4.79 Å². The molecule has 1 aliphatic rings. The predicted molar refractivity (Wildman–Crippen MR) is 43.0 cm³/mol. The Morgan fingerprint density at radius 3 is 3.08 bits per heavy atom. The molecule has 1 aliphatic heterocycles. The van der Waals surface area contributed by atoms with Gasteiger partial charge in [-0.2, -0.15) is 0 Å². The van der Waals surface area contributed by atoms with Gasteiger partial charge in [-0.05, 0) is 18.8 Å². The molecule has 1 fully saturated rings. The van der Waals surface area contributed by atoms with Gasteiger partial charge in [-0.15, -0.1) is 0 Å². The monoisotopic (exact) mass is 172 g/mol. The second kappa shape index (κ2) is 4.42. The first kappa shape index (κ1) is 9.48. The molecule has 0 aromatic rings. The number of hydrogen-bond donors (Lipinski definition) is 2. The van der Waals surface area contributed by atoms with Crippen LogP contribution in [0, 0.1) is 18.3 Å². The fourth-order valence-corrected chi connectivity index (χ4v) is 1.47. The number of carbonyl (C=O) groups is 1. The van der Waals surface area contributed by atoms with Crippen LogP contribution in [-0.4, -0.2) is 30.8 Å². The van der Waals surface area contributed by atoms with E-state index >= 15 is 0 Å². The molecule has 0 aliphatic carbocycles. The van der Waals surface area contributed by atoms with Crippen LogP contribution in [0.1, 0.15) is 6.42 Å². The summed E-state index contributed by atoms with van der Waals surface area (Å²) >= 11 is 0. The van der Waals surface area contributed by atoms with E-state index in [9.17, 15) is 4.79 Å². The summed E-state index contributed by atoms with van der Waals surface area (Å²) in [7, 11) is 0. The lowest BCUT2D eigenvalue weighted by Crippen LogP contribution is -2.38. The summed E-state index contributed by atoms with van der Waals surface area (Å²) in [5, 5.41) is 8.67. The first-order valence-corrected chi connectivity index (χ1v) is 4.07. The van der Waals surface area contributed by atoms with E-state index in [1.807, 2.05) is 0 Å². The summed E-state index contributed by atoms with van der Waals surface area (Å²) in [5.74, 6) is -0.517. The van der Waals surface area contributed by atoms with Crippen LogP contribution in [0.5, 0.6) is 0 Å². The highest BCUT2D eigenvalue weighted by molar-refractivity contribution is 5.77. The lowest BCUT2D eigenvalue weighted by molar-refractivity contribution is -0.128. The zero-order valence-electron chi connectivity index (χ0n) is 6.90. The molecule has 1 saturated heterocycles. The molecule has 4 heteroatoms. The van der Waals surface area contributed by atoms with Gasteiger partial charge in [0.25, 0.3) is 0 Å². The maximum Gasteiger partial charge on any atom is 0.223 e. The molecule has 2 unspecified atom stereocenters. The lowest BCUT2D eigenvalue weighted by Gasteiger charge is -2.28. The number of amides is 1. The Morgan fingerprint density at radius 1 is 1.75 bits per heavy atom. The van der Waals surface area contributed by atoms with Crippen molar-refractivity contribution in [1.82, 2.24) is 0 Å². The van der Waals surface area contributed by atoms with Gasteiger partial charge in [-0.25, -0.2) is 0 Å². The molecule has 1 radical (unpaired) electrons. The van der Waals surface area contributed by atoms with E-state index in [1.165, 1.54) is 0 Å². The summed E-state index contributed by atoms with van der Waals surface area (Å²) in [4.78, 5) is 10.9. The van der Waals surface area contributed by atoms with Crippen molar-refractivity contribution in [1.29, 1.82) is 0 Å². The number of carbonyl (C=O) groups excluding carboxylic acids is 1. The van der Waals surface area contributed by atoms with Crippen molar-refractivity contribution >= 4 is 5.91 Å². The third kappa shape index (κ3) is 2.19. The van der Waals surface area contributed by atoms with Crippen molar-refractivity contribution < 1.29 is 14.6 Å². The molecule has 3 N–H and O–H groups in total. The van der Waals surface area contributed by atoms with E-state index in [0.717, 1.165) is 6.42 Å². The Hall–Kier alpha value is -0.610. The second-order valence-corrected chi connectivity index (χ2v) is 2.95. The van der Waals surface area contributed by atoms with Crippen molar-refractivity contribution in [3.63, 3.8) is 0 Å². The fraction of sp³-hybridized carbons (Fsp3) is 0.750. The molecular weight excluding hydrogens is 158 g/mol. The second-order valence-electron chi connectivity index (χ2n) is 2.95. The minimum Gasteiger partial charge on any atom is -0.396 e. The van der Waals surface area contributed by atoms with Crippen molar-refractivity contribution in [2.24, 2.45) is 17.6 Å². The van der Waals surface area contributed by atoms with Crippen LogP contribution in [-0.2, 0) is 9.53 Å². The van der Waals surface area contributed by atoms with Crippen molar-refractivity contribution in [3.8, 4) is 0 Å². The molecule has 69 valence electrons. The third-order valence-electron chi connectivity index (χ3n) is 2.18. The minimum absolute atomic E-state index is 0.00551. The van der Waals surface area contributed by atoms with E-state index in [2.05, 4.69) is 0 Å². The van der Waals surface area contributed by atoms with Gasteiger partial charge in [-0.1, -0.05) is 0 Å². The van der Waals surface area contributed by atoms with Crippen molar-refractivity contribution in [2.45, 2.75) is 6.42 Å². The molecular formula is C8H14NO3. The number of primary amides is 1. The van der Waals surface area contributed by atoms with Crippen LogP contribution >= 0.6 is 0 Å². The summed E-state index contributed by atoms with van der Waals surface area (Å²) in [6.45, 7) is 1.02. The quantitative estimate of drug-likeness (QED) is 0.592. The number of aliphatic hydroxyl groups is 1. The maximum atomic E-state index is 10.9. The van der Waals surface area contributed by atoms with Gasteiger partial charge >= 0.3 is 0 Å². The molecule has 4 nitrogen and oxygen atoms in total. The van der Waals surface area contributed by atoms with Gasteiger partial charge in [0, 0.05) is 13.2 Å². The molecule has 1 rings (SSSR count). The Morgan fingerprint density at radius 2 is 2.50 bits per heavy atom. The number of hydrogen-bond acceptors (Lipinski definition) is 3. The SMILES string of the molecule is NC(=O)C1COCCC1[CH]CO. The van der Waals surface area contributed by atoms with Crippen LogP contribution in [0.25, 0.3) is 0 Å². The normalized spacial score (nSPS) is 30.1. The number of rotatable bonds is 3. The fourth-order valence-electron chi connectivity index (χ4n) is 1.47. The average Bonchev–Trinajstić information content (AvgIpc) is 2.05. The van der Waals surface area contributed by atoms with Gasteiger partial charge in [0.1, 0.15) is 0 Å². The van der Waals surface area contributed by atoms with E-state index in [4.69, 9.17) is 15.6 Å². The summed E-state index contributed by atoms with van der Waals surface area (Å²) in [5.41, 5.74) is 5.17. The maximum absolute atomic E-state index is 10.9. The van der Waals surface area contributed by atoms with E-state index < -0.39 is 0 Å². The third-order valence-corrected chi connectivity index (χ3v) is 2.18. The van der Waals surface area contributed by atoms with Crippen LogP contribution in [0.4, 0.5) is 0 Å². The molecule has 1 amide bonds. The lowest BCUT2D eigenvalue weighted by atomic mass is 9.85. The molecule has 2 atom stereocenters. The van der Waals surface area contributed by atoms with Crippen molar-refractivity contribution in [2.75, 3.05) is 19.8 Å². The van der Waals surface area contributed by atoms with Crippen LogP contribution in [0.3, 0.4) is 0 Å². The van der Waals surface area contributed by atoms with Crippen LogP contribution in [0.15, 0.2) is 0 Å². The van der Waals surface area contributed by atoms with Gasteiger partial charge < -0.3 is 15.6 Å². The summed E-state index contributed by atoms with van der Waals surface area (Å²) in [6.07, 6.45) is 2.49. The molecule has 0 aromatic carbocycles. The van der Waals surface area contributed by atoms with E-state index in [0.29, 0.717) is 13.2 Å². The smallest absolute Gasteiger partial charge is 0.223 e. The number of aliphatic hydroxyl groups excluding tert-OH is 1. The van der Waals surface area contributed by atoms with E-state index in [1.54, 1.807) is 6.42 Å². The molecule has 12 heavy (non-hydrogen) atoms. The zero-order chi connectivity index (χ0) is 8.97. The molecule has 0 bridgehead atoms. The first-order chi connectivity index (χ1) is 5.75. The standard InChI is InChI=1S/C8H14NO3/c9-8(11)7-5-12-4-2-6(7)1-3-10/h1,6-7,10H,2-5H2,(H2,9,11). The summed E-state index contributed by atoms with van der Waals surface area (Å²) < 4.78 is 5.12. The highest BCUT2D eigenvalue weighted by Crippen LogP contribution is 2.23. The molecule has 0 saturated carbocycles. The molecule has 1 heterocycles. The Labute approximate surface area is 71.7 Å². The number of nitrogens with two attached hydrogens (primary N) is 1. The highest BCUT2D eigenvalue weighted by Gasteiger charge is 2.29. The highest BCUT2D eigenvalue weighted by atomic mass is 16.5. The minimum atomic E-state index is -0.343. The summed E-state index contributed by atoms with van der Waals surface area (Å²) in [6, 6.07) is 0. The zero-order valence-corrected chi connectivity index (χ0v) is 6.90. The van der Waals surface area contributed by atoms with E-state index in [-0.39, 0.29) is 24.3 Å². The molecule has 0 spiro atoms. The Balaban J connectivity index is 2.48. The first-order valence-electron chi connectivity index (χ1n) is 4.07. The van der Waals surface area contributed by atoms with Crippen LogP contribution < -0.4 is 5.73 Å². The van der Waals surface area contributed by atoms with Gasteiger partial charge in [0.2, 0.25) is 5.91 Å². The Bertz CT molecular complexity index is 158.